The number of rotatable bonds is 4. The second kappa shape index (κ2) is 8.42. The molecular weight excluding hydrogens is 388 g/mol. The summed E-state index contributed by atoms with van der Waals surface area (Å²) in [7, 11) is 0. The number of nitrogens with one attached hydrogen (secondary N) is 1. The largest absolute Gasteiger partial charge is 0.356 e. The van der Waals surface area contributed by atoms with Gasteiger partial charge in [0, 0.05) is 26.6 Å². The first-order valence-electron chi connectivity index (χ1n) is 10.5. The van der Waals surface area contributed by atoms with Gasteiger partial charge in [0.2, 0.25) is 5.43 Å². The van der Waals surface area contributed by atoms with E-state index in [1.165, 1.54) is 11.1 Å². The number of fused-ring (bicyclic) bond motifs is 1. The molecule has 1 N–H and O–H groups in total. The van der Waals surface area contributed by atoms with Crippen molar-refractivity contribution >= 4 is 27.1 Å². The van der Waals surface area contributed by atoms with Crippen molar-refractivity contribution in [2.24, 2.45) is 0 Å². The van der Waals surface area contributed by atoms with Crippen molar-refractivity contribution in [3.05, 3.63) is 112 Å². The molecule has 1 aliphatic heterocycles. The summed E-state index contributed by atoms with van der Waals surface area (Å²) in [5.74, 6) is 0. The van der Waals surface area contributed by atoms with Crippen LogP contribution < -0.4 is 15.2 Å². The summed E-state index contributed by atoms with van der Waals surface area (Å²) in [6.07, 6.45) is 0. The van der Waals surface area contributed by atoms with E-state index in [-0.39, 0.29) is 5.43 Å². The number of nitrogens with zero attached hydrogens (tertiary/aromatic N) is 1. The van der Waals surface area contributed by atoms with E-state index in [9.17, 15) is 4.79 Å². The zero-order valence-corrected chi connectivity index (χ0v) is 17.6. The second-order valence-electron chi connectivity index (χ2n) is 7.85. The summed E-state index contributed by atoms with van der Waals surface area (Å²) in [5, 5.41) is 2.88. The number of hydrogen-bond acceptors (Lipinski definition) is 3. The van der Waals surface area contributed by atoms with Crippen LogP contribution in [0.1, 0.15) is 17.2 Å². The van der Waals surface area contributed by atoms with Crippen LogP contribution in [0.2, 0.25) is 0 Å². The Labute approximate surface area is 180 Å². The number of hydrogen-bond donors (Lipinski definition) is 1. The predicted octanol–water partition coefficient (Wildman–Crippen LogP) is 3.76. The van der Waals surface area contributed by atoms with E-state index >= 15 is 0 Å². The first kappa shape index (κ1) is 19.0. The van der Waals surface area contributed by atoms with Crippen LogP contribution in [0, 0.1) is 0 Å². The van der Waals surface area contributed by atoms with Gasteiger partial charge in [0.15, 0.2) is 0 Å². The lowest BCUT2D eigenvalue weighted by atomic mass is 9.96. The van der Waals surface area contributed by atoms with Crippen molar-refractivity contribution < 1.29 is 4.90 Å². The SMILES string of the molecule is O=c1c(N2CC[NH+](C(c3ccccc3)c3ccccc3)CC2)csc2ccccc12. The molecule has 1 aliphatic rings. The van der Waals surface area contributed by atoms with E-state index in [0.717, 1.165) is 42.0 Å². The van der Waals surface area contributed by atoms with Crippen LogP contribution in [0.25, 0.3) is 10.1 Å². The van der Waals surface area contributed by atoms with Crippen LogP contribution in [0.15, 0.2) is 95.1 Å². The summed E-state index contributed by atoms with van der Waals surface area (Å²) in [6, 6.07) is 29.8. The number of quaternary nitrogens is 1. The molecule has 0 atom stereocenters. The Kier molecular flexibility index (Phi) is 5.35. The molecule has 0 unspecified atom stereocenters. The van der Waals surface area contributed by atoms with Gasteiger partial charge in [0.25, 0.3) is 0 Å². The maximum atomic E-state index is 13.0. The summed E-state index contributed by atoms with van der Waals surface area (Å²) >= 11 is 1.66. The van der Waals surface area contributed by atoms with E-state index in [1.54, 1.807) is 16.2 Å². The zero-order valence-electron chi connectivity index (χ0n) is 16.8. The standard InChI is InChI=1S/C26H24N2OS/c29-26-22-13-7-8-14-24(22)30-19-23(26)27-15-17-28(18-16-27)25(20-9-3-1-4-10-20)21-11-5-2-6-12-21/h1-14,19,25H,15-18H2/p+1. The average molecular weight is 414 g/mol. The molecule has 1 fully saturated rings. The van der Waals surface area contributed by atoms with Gasteiger partial charge < -0.3 is 9.80 Å². The molecule has 3 nitrogen and oxygen atoms in total. The third-order valence-corrected chi connectivity index (χ3v) is 7.03. The van der Waals surface area contributed by atoms with Gasteiger partial charge in [-0.15, -0.1) is 11.3 Å². The van der Waals surface area contributed by atoms with Crippen LogP contribution in [-0.4, -0.2) is 26.2 Å². The Hall–Kier alpha value is -2.95. The Morgan fingerprint density at radius 1 is 0.767 bits per heavy atom. The molecule has 0 spiro atoms. The average Bonchev–Trinajstić information content (AvgIpc) is 2.82. The Balaban J connectivity index is 1.40. The Morgan fingerprint density at radius 3 is 1.97 bits per heavy atom. The molecule has 1 aromatic heterocycles. The molecule has 0 bridgehead atoms. The minimum absolute atomic E-state index is 0.162. The van der Waals surface area contributed by atoms with Gasteiger partial charge in [-0.25, -0.2) is 0 Å². The maximum absolute atomic E-state index is 13.0. The lowest BCUT2D eigenvalue weighted by Crippen LogP contribution is -3.15. The summed E-state index contributed by atoms with van der Waals surface area (Å²) in [6.45, 7) is 3.80. The monoisotopic (exact) mass is 413 g/mol. The van der Waals surface area contributed by atoms with Gasteiger partial charge in [-0.3, -0.25) is 4.79 Å². The third-order valence-electron chi connectivity index (χ3n) is 6.08. The summed E-state index contributed by atoms with van der Waals surface area (Å²) in [4.78, 5) is 16.9. The fraction of sp³-hybridized carbons (Fsp3) is 0.192. The minimum Gasteiger partial charge on any atom is -0.356 e. The highest BCUT2D eigenvalue weighted by Crippen LogP contribution is 2.22. The van der Waals surface area contributed by atoms with E-state index in [2.05, 4.69) is 65.6 Å². The number of benzene rings is 3. The molecule has 5 rings (SSSR count). The molecule has 0 aliphatic carbocycles. The topological polar surface area (TPSA) is 24.8 Å². The zero-order chi connectivity index (χ0) is 20.3. The van der Waals surface area contributed by atoms with Crippen molar-refractivity contribution in [3.63, 3.8) is 0 Å². The minimum atomic E-state index is 0.162. The normalized spacial score (nSPS) is 15.0. The van der Waals surface area contributed by atoms with Gasteiger partial charge in [0.1, 0.15) is 6.04 Å². The summed E-state index contributed by atoms with van der Waals surface area (Å²) in [5.41, 5.74) is 3.72. The van der Waals surface area contributed by atoms with Crippen molar-refractivity contribution in [1.82, 2.24) is 0 Å². The lowest BCUT2D eigenvalue weighted by molar-refractivity contribution is -0.926. The highest BCUT2D eigenvalue weighted by atomic mass is 32.1. The molecule has 0 amide bonds. The quantitative estimate of drug-likeness (QED) is 0.551. The fourth-order valence-corrected chi connectivity index (χ4v) is 5.50. The van der Waals surface area contributed by atoms with Crippen molar-refractivity contribution in [2.45, 2.75) is 6.04 Å². The van der Waals surface area contributed by atoms with Crippen LogP contribution in [0.5, 0.6) is 0 Å². The van der Waals surface area contributed by atoms with Gasteiger partial charge >= 0.3 is 0 Å². The molecule has 4 heteroatoms. The van der Waals surface area contributed by atoms with Gasteiger partial charge in [-0.2, -0.15) is 0 Å². The van der Waals surface area contributed by atoms with Crippen LogP contribution in [-0.2, 0) is 0 Å². The molecular formula is C26H25N2OS+. The first-order valence-corrected chi connectivity index (χ1v) is 11.4. The van der Waals surface area contributed by atoms with Crippen LogP contribution in [0.4, 0.5) is 5.69 Å². The molecule has 2 heterocycles. The second-order valence-corrected chi connectivity index (χ2v) is 8.76. The van der Waals surface area contributed by atoms with E-state index < -0.39 is 0 Å². The van der Waals surface area contributed by atoms with Gasteiger partial charge in [-0.1, -0.05) is 72.8 Å². The smallest absolute Gasteiger partial charge is 0.211 e. The molecule has 0 saturated carbocycles. The molecule has 150 valence electrons. The molecule has 1 saturated heterocycles. The molecule has 3 aromatic carbocycles. The lowest BCUT2D eigenvalue weighted by Gasteiger charge is -2.37. The van der Waals surface area contributed by atoms with Gasteiger partial charge in [0.05, 0.1) is 31.9 Å². The highest BCUT2D eigenvalue weighted by molar-refractivity contribution is 7.16. The number of piperazine rings is 1. The van der Waals surface area contributed by atoms with Crippen LogP contribution >= 0.6 is 11.3 Å². The van der Waals surface area contributed by atoms with Crippen LogP contribution in [0.3, 0.4) is 0 Å². The van der Waals surface area contributed by atoms with E-state index in [0.29, 0.717) is 6.04 Å². The maximum Gasteiger partial charge on any atom is 0.211 e. The molecule has 4 aromatic rings. The van der Waals surface area contributed by atoms with E-state index in [1.807, 2.05) is 29.6 Å². The first-order chi connectivity index (χ1) is 14.8. The predicted molar refractivity (Wildman–Crippen MR) is 126 cm³/mol. The third kappa shape index (κ3) is 3.64. The fourth-order valence-electron chi connectivity index (χ4n) is 4.56. The van der Waals surface area contributed by atoms with E-state index in [4.69, 9.17) is 0 Å². The van der Waals surface area contributed by atoms with Crippen molar-refractivity contribution in [2.75, 3.05) is 31.1 Å². The molecule has 0 radical (unpaired) electrons. The van der Waals surface area contributed by atoms with Gasteiger partial charge in [-0.05, 0) is 12.1 Å². The Morgan fingerprint density at radius 2 is 1.33 bits per heavy atom. The Bertz CT molecular complexity index is 1140. The van der Waals surface area contributed by atoms with Crippen molar-refractivity contribution in [3.8, 4) is 0 Å². The van der Waals surface area contributed by atoms with Crippen molar-refractivity contribution in [1.29, 1.82) is 0 Å². The summed E-state index contributed by atoms with van der Waals surface area (Å²) < 4.78 is 1.06. The number of anilines is 1. The highest BCUT2D eigenvalue weighted by Gasteiger charge is 2.30. The molecule has 30 heavy (non-hydrogen) atoms.